The van der Waals surface area contributed by atoms with E-state index in [-0.39, 0.29) is 12.5 Å². The SMILES string of the molecule is CCCCCC/C=C/C(O)C(COC1OC(CO)C(O)C(O)C1O)NC(=O)CCCCCCCCCCCCCCCCCCCCCCCCCCCCCCCCCCCCCCCC. The Bertz CT molecular complexity index is 1060. The molecule has 6 N–H and O–H groups in total. The lowest BCUT2D eigenvalue weighted by molar-refractivity contribution is -0.302. The van der Waals surface area contributed by atoms with E-state index in [4.69, 9.17) is 9.47 Å². The summed E-state index contributed by atoms with van der Waals surface area (Å²) < 4.78 is 11.2. The molecule has 1 saturated heterocycles. The van der Waals surface area contributed by atoms with Gasteiger partial charge in [-0.3, -0.25) is 4.79 Å². The second kappa shape index (κ2) is 48.6. The van der Waals surface area contributed by atoms with Crippen LogP contribution in [0, 0.1) is 0 Å². The minimum Gasteiger partial charge on any atom is -0.394 e. The van der Waals surface area contributed by atoms with E-state index in [2.05, 4.69) is 19.2 Å². The average Bonchev–Trinajstić information content (AvgIpc) is 3.33. The van der Waals surface area contributed by atoms with E-state index in [0.29, 0.717) is 6.42 Å². The first-order chi connectivity index (χ1) is 32.8. The number of amides is 1. The van der Waals surface area contributed by atoms with Gasteiger partial charge in [-0.2, -0.15) is 0 Å². The molecule has 9 nitrogen and oxygen atoms in total. The Labute approximate surface area is 414 Å². The fraction of sp³-hybridized carbons (Fsp3) is 0.948. The van der Waals surface area contributed by atoms with Gasteiger partial charge in [0.15, 0.2) is 6.29 Å². The molecule has 0 aromatic carbocycles. The van der Waals surface area contributed by atoms with Crippen molar-refractivity contribution < 1.29 is 39.8 Å². The van der Waals surface area contributed by atoms with Crippen LogP contribution in [0.4, 0.5) is 0 Å². The smallest absolute Gasteiger partial charge is 0.220 e. The summed E-state index contributed by atoms with van der Waals surface area (Å²) in [6.45, 7) is 3.72. The molecular formula is C58H113NO8. The third kappa shape index (κ3) is 38.3. The number of rotatable bonds is 51. The van der Waals surface area contributed by atoms with E-state index in [0.717, 1.165) is 44.9 Å². The van der Waals surface area contributed by atoms with Crippen molar-refractivity contribution in [2.24, 2.45) is 0 Å². The van der Waals surface area contributed by atoms with Crippen LogP contribution < -0.4 is 5.32 Å². The predicted molar refractivity (Wildman–Crippen MR) is 281 cm³/mol. The van der Waals surface area contributed by atoms with Crippen molar-refractivity contribution >= 4 is 5.91 Å². The van der Waals surface area contributed by atoms with Gasteiger partial charge in [0.2, 0.25) is 5.91 Å². The molecule has 0 spiro atoms. The maximum absolute atomic E-state index is 12.9. The molecule has 1 aliphatic heterocycles. The molecule has 1 rings (SSSR count). The molecule has 0 aromatic heterocycles. The Morgan fingerprint density at radius 1 is 0.493 bits per heavy atom. The van der Waals surface area contributed by atoms with Crippen molar-refractivity contribution in [1.29, 1.82) is 0 Å². The van der Waals surface area contributed by atoms with E-state index in [9.17, 15) is 30.3 Å². The van der Waals surface area contributed by atoms with Gasteiger partial charge in [0.25, 0.3) is 0 Å². The Hall–Kier alpha value is -1.07. The van der Waals surface area contributed by atoms with Crippen LogP contribution in [0.2, 0.25) is 0 Å². The lowest BCUT2D eigenvalue weighted by Crippen LogP contribution is -2.60. The van der Waals surface area contributed by atoms with Crippen LogP contribution >= 0.6 is 0 Å². The number of unbranched alkanes of at least 4 members (excludes halogenated alkanes) is 41. The van der Waals surface area contributed by atoms with Crippen molar-refractivity contribution in [3.05, 3.63) is 12.2 Å². The standard InChI is InChI=1S/C58H113NO8/c1-3-5-7-9-11-12-13-14-15-16-17-18-19-20-21-22-23-24-25-26-27-28-29-30-31-32-33-34-35-36-37-38-39-40-41-42-44-46-48-54(62)59-51(52(61)47-45-43-10-8-6-4-2)50-66-58-57(65)56(64)55(63)53(49-60)67-58/h45,47,51-53,55-58,60-61,63-65H,3-44,46,48-50H2,1-2H3,(H,59,62)/b47-45+. The molecule has 1 fully saturated rings. The second-order valence-electron chi connectivity index (χ2n) is 20.8. The molecule has 67 heavy (non-hydrogen) atoms. The molecule has 0 saturated carbocycles. The van der Waals surface area contributed by atoms with Crippen LogP contribution in [0.3, 0.4) is 0 Å². The number of hydrogen-bond donors (Lipinski definition) is 6. The second-order valence-corrected chi connectivity index (χ2v) is 20.8. The zero-order valence-corrected chi connectivity index (χ0v) is 44.2. The van der Waals surface area contributed by atoms with Gasteiger partial charge in [0, 0.05) is 6.42 Å². The van der Waals surface area contributed by atoms with E-state index in [1.807, 2.05) is 6.08 Å². The first kappa shape index (κ1) is 63.9. The number of aliphatic hydroxyl groups is 5. The van der Waals surface area contributed by atoms with Gasteiger partial charge in [-0.05, 0) is 19.3 Å². The molecule has 1 aliphatic rings. The minimum atomic E-state index is -1.56. The Kier molecular flexibility index (Phi) is 46.3. The zero-order valence-electron chi connectivity index (χ0n) is 44.2. The highest BCUT2D eigenvalue weighted by atomic mass is 16.7. The molecule has 7 atom stereocenters. The molecule has 0 bridgehead atoms. The number of nitrogens with one attached hydrogen (secondary N) is 1. The van der Waals surface area contributed by atoms with Gasteiger partial charge in [-0.25, -0.2) is 0 Å². The van der Waals surface area contributed by atoms with Crippen LogP contribution in [0.1, 0.15) is 296 Å². The van der Waals surface area contributed by atoms with Gasteiger partial charge >= 0.3 is 0 Å². The normalized spacial score (nSPS) is 19.7. The highest BCUT2D eigenvalue weighted by Crippen LogP contribution is 2.23. The quantitative estimate of drug-likeness (QED) is 0.0261. The van der Waals surface area contributed by atoms with Crippen LogP contribution in [0.5, 0.6) is 0 Å². The number of aliphatic hydroxyl groups excluding tert-OH is 5. The van der Waals surface area contributed by atoms with Crippen LogP contribution in [-0.4, -0.2) is 87.5 Å². The number of carbonyl (C=O) groups is 1. The number of carbonyl (C=O) groups excluding carboxylic acids is 1. The molecule has 1 amide bonds. The first-order valence-electron chi connectivity index (χ1n) is 29.4. The molecule has 0 aromatic rings. The lowest BCUT2D eigenvalue weighted by Gasteiger charge is -2.40. The lowest BCUT2D eigenvalue weighted by atomic mass is 9.99. The van der Waals surface area contributed by atoms with Crippen LogP contribution in [0.25, 0.3) is 0 Å². The fourth-order valence-corrected chi connectivity index (χ4v) is 9.69. The Balaban J connectivity index is 1.93. The maximum atomic E-state index is 12.9. The van der Waals surface area contributed by atoms with Crippen molar-refractivity contribution in [3.8, 4) is 0 Å². The summed E-state index contributed by atoms with van der Waals surface area (Å²) in [5.74, 6) is -0.177. The summed E-state index contributed by atoms with van der Waals surface area (Å²) in [7, 11) is 0. The van der Waals surface area contributed by atoms with Crippen molar-refractivity contribution in [3.63, 3.8) is 0 Å². The molecule has 398 valence electrons. The predicted octanol–water partition coefficient (Wildman–Crippen LogP) is 14.4. The van der Waals surface area contributed by atoms with Gasteiger partial charge in [-0.1, -0.05) is 283 Å². The molecular weight excluding hydrogens is 839 g/mol. The Morgan fingerprint density at radius 3 is 1.16 bits per heavy atom. The van der Waals surface area contributed by atoms with Crippen LogP contribution in [-0.2, 0) is 14.3 Å². The molecule has 0 radical (unpaired) electrons. The zero-order chi connectivity index (χ0) is 48.7. The third-order valence-corrected chi connectivity index (χ3v) is 14.4. The summed E-state index contributed by atoms with van der Waals surface area (Å²) in [6, 6.07) is -0.797. The van der Waals surface area contributed by atoms with Crippen molar-refractivity contribution in [1.82, 2.24) is 5.32 Å². The molecule has 9 heteroatoms. The minimum absolute atomic E-state index is 0.177. The summed E-state index contributed by atoms with van der Waals surface area (Å²) in [5.41, 5.74) is 0. The van der Waals surface area contributed by atoms with Gasteiger partial charge in [0.1, 0.15) is 24.4 Å². The fourth-order valence-electron chi connectivity index (χ4n) is 9.69. The number of allylic oxidation sites excluding steroid dienone is 1. The monoisotopic (exact) mass is 952 g/mol. The highest BCUT2D eigenvalue weighted by molar-refractivity contribution is 5.76. The van der Waals surface area contributed by atoms with Gasteiger partial charge in [-0.15, -0.1) is 0 Å². The maximum Gasteiger partial charge on any atom is 0.220 e. The largest absolute Gasteiger partial charge is 0.394 e. The molecule has 7 unspecified atom stereocenters. The number of ether oxygens (including phenoxy) is 2. The number of hydrogen-bond acceptors (Lipinski definition) is 8. The van der Waals surface area contributed by atoms with Crippen LogP contribution in [0.15, 0.2) is 12.2 Å². The summed E-state index contributed by atoms with van der Waals surface area (Å²) >= 11 is 0. The first-order valence-corrected chi connectivity index (χ1v) is 29.4. The van der Waals surface area contributed by atoms with Crippen molar-refractivity contribution in [2.45, 2.75) is 339 Å². The summed E-state index contributed by atoms with van der Waals surface area (Å²) in [6.07, 6.45) is 53.7. The topological polar surface area (TPSA) is 149 Å². The Morgan fingerprint density at radius 2 is 0.821 bits per heavy atom. The van der Waals surface area contributed by atoms with E-state index in [1.54, 1.807) is 6.08 Å². The third-order valence-electron chi connectivity index (χ3n) is 14.4. The van der Waals surface area contributed by atoms with Gasteiger partial charge in [0.05, 0.1) is 25.4 Å². The van der Waals surface area contributed by atoms with E-state index < -0.39 is 49.5 Å². The van der Waals surface area contributed by atoms with E-state index in [1.165, 1.54) is 231 Å². The van der Waals surface area contributed by atoms with Crippen molar-refractivity contribution in [2.75, 3.05) is 13.2 Å². The highest BCUT2D eigenvalue weighted by Gasteiger charge is 2.44. The molecule has 1 heterocycles. The molecule has 0 aliphatic carbocycles. The van der Waals surface area contributed by atoms with E-state index >= 15 is 0 Å². The summed E-state index contributed by atoms with van der Waals surface area (Å²) in [4.78, 5) is 12.9. The summed E-state index contributed by atoms with van der Waals surface area (Å²) in [5, 5.41) is 53.9. The average molecular weight is 953 g/mol. The van der Waals surface area contributed by atoms with Gasteiger partial charge < -0.3 is 40.3 Å².